The van der Waals surface area contributed by atoms with Crippen LogP contribution >= 0.6 is 0 Å². The van der Waals surface area contributed by atoms with Gasteiger partial charge >= 0.3 is 0 Å². The summed E-state index contributed by atoms with van der Waals surface area (Å²) in [5, 5.41) is 33.7. The van der Waals surface area contributed by atoms with E-state index in [0.29, 0.717) is 29.9 Å². The minimum atomic E-state index is -0.249. The van der Waals surface area contributed by atoms with Gasteiger partial charge in [0.1, 0.15) is 6.07 Å². The molecule has 1 aromatic heterocycles. The van der Waals surface area contributed by atoms with Crippen LogP contribution in [0.5, 0.6) is 0 Å². The fourth-order valence-electron chi connectivity index (χ4n) is 7.02. The Hall–Kier alpha value is -1.38. The minimum absolute atomic E-state index is 0.178. The second-order valence-corrected chi connectivity index (χ2v) is 9.95. The number of aromatic nitrogens is 2. The summed E-state index contributed by atoms with van der Waals surface area (Å²) in [7, 11) is 0. The maximum Gasteiger partial charge on any atom is 0.102 e. The Labute approximate surface area is 176 Å². The van der Waals surface area contributed by atoms with Crippen LogP contribution in [0.1, 0.15) is 77.7 Å². The van der Waals surface area contributed by atoms with Gasteiger partial charge in [0.15, 0.2) is 0 Å². The molecule has 29 heavy (non-hydrogen) atoms. The first-order chi connectivity index (χ1) is 13.9. The summed E-state index contributed by atoms with van der Waals surface area (Å²) in [6.07, 6.45) is 12.3. The molecule has 0 saturated heterocycles. The van der Waals surface area contributed by atoms with Gasteiger partial charge in [-0.2, -0.15) is 10.4 Å². The van der Waals surface area contributed by atoms with Gasteiger partial charge in [0.25, 0.3) is 0 Å². The van der Waals surface area contributed by atoms with E-state index in [-0.39, 0.29) is 17.4 Å². The molecule has 5 heteroatoms. The van der Waals surface area contributed by atoms with Crippen molar-refractivity contribution in [3.63, 3.8) is 0 Å². The first kappa shape index (κ1) is 22.3. The normalized spacial score (nSPS) is 35.2. The zero-order valence-electron chi connectivity index (χ0n) is 18.4. The maximum absolute atomic E-state index is 11.2. The summed E-state index contributed by atoms with van der Waals surface area (Å²) in [5.41, 5.74) is 0.775. The predicted molar refractivity (Wildman–Crippen MR) is 114 cm³/mol. The number of nitrogens with zero attached hydrogens (tertiary/aromatic N) is 3. The van der Waals surface area contributed by atoms with E-state index in [1.807, 2.05) is 10.9 Å². The Morgan fingerprint density at radius 2 is 2.17 bits per heavy atom. The van der Waals surface area contributed by atoms with Crippen molar-refractivity contribution in [2.45, 2.75) is 84.8 Å². The first-order valence-electron chi connectivity index (χ1n) is 11.7. The standard InChI is InChI=1S/C24H39N3O2/c1-4-7-20-19(8-5-6-11-28)9-10-24(3)21(20)12-22(29)23(24)17(2)15-27-16-18(13-25)14-26-27/h14,16-17,19-23,28-29H,4-12,15H2,1-3H3/t17-,19-,20+,21-,22+,23-,24-/m0/s1. The molecule has 3 rings (SSSR count). The van der Waals surface area contributed by atoms with Crippen LogP contribution in [0.15, 0.2) is 12.4 Å². The van der Waals surface area contributed by atoms with E-state index in [1.54, 1.807) is 6.20 Å². The van der Waals surface area contributed by atoms with Gasteiger partial charge in [-0.15, -0.1) is 0 Å². The average molecular weight is 402 g/mol. The highest BCUT2D eigenvalue weighted by Gasteiger charge is 2.57. The topological polar surface area (TPSA) is 82.1 Å². The molecule has 0 amide bonds. The van der Waals surface area contributed by atoms with E-state index in [2.05, 4.69) is 31.9 Å². The lowest BCUT2D eigenvalue weighted by Crippen LogP contribution is -2.44. The number of hydrogen-bond acceptors (Lipinski definition) is 4. The highest BCUT2D eigenvalue weighted by atomic mass is 16.3. The van der Waals surface area contributed by atoms with Gasteiger partial charge in [-0.1, -0.05) is 46.5 Å². The Bertz CT molecular complexity index is 697. The molecular formula is C24H39N3O2. The zero-order chi connectivity index (χ0) is 21.0. The number of fused-ring (bicyclic) bond motifs is 1. The molecule has 2 aliphatic carbocycles. The molecule has 0 aliphatic heterocycles. The second kappa shape index (κ2) is 9.62. The quantitative estimate of drug-likeness (QED) is 0.602. The Kier molecular flexibility index (Phi) is 7.40. The molecule has 2 saturated carbocycles. The van der Waals surface area contributed by atoms with E-state index in [1.165, 1.54) is 32.1 Å². The number of aliphatic hydroxyl groups is 2. The molecule has 0 radical (unpaired) electrons. The Morgan fingerprint density at radius 1 is 1.38 bits per heavy atom. The molecule has 0 aromatic carbocycles. The summed E-state index contributed by atoms with van der Waals surface area (Å²) in [6, 6.07) is 2.15. The van der Waals surface area contributed by atoms with Gasteiger partial charge in [-0.05, 0) is 60.7 Å². The van der Waals surface area contributed by atoms with Gasteiger partial charge < -0.3 is 10.2 Å². The molecule has 162 valence electrons. The van der Waals surface area contributed by atoms with Gasteiger partial charge in [0, 0.05) is 19.3 Å². The molecule has 0 bridgehead atoms. The van der Waals surface area contributed by atoms with Crippen LogP contribution in [0.3, 0.4) is 0 Å². The predicted octanol–water partition coefficient (Wildman–Crippen LogP) is 4.38. The Morgan fingerprint density at radius 3 is 2.83 bits per heavy atom. The van der Waals surface area contributed by atoms with E-state index >= 15 is 0 Å². The fraction of sp³-hybridized carbons (Fsp3) is 0.833. The van der Waals surface area contributed by atoms with Crippen LogP contribution in [-0.2, 0) is 6.54 Å². The molecule has 2 N–H and O–H groups in total. The third kappa shape index (κ3) is 4.54. The van der Waals surface area contributed by atoms with E-state index in [4.69, 9.17) is 10.4 Å². The van der Waals surface area contributed by atoms with E-state index in [0.717, 1.165) is 31.7 Å². The van der Waals surface area contributed by atoms with Crippen LogP contribution in [0.4, 0.5) is 0 Å². The van der Waals surface area contributed by atoms with Crippen molar-refractivity contribution in [1.29, 1.82) is 5.26 Å². The van der Waals surface area contributed by atoms with Crippen molar-refractivity contribution in [1.82, 2.24) is 9.78 Å². The Balaban J connectivity index is 1.75. The summed E-state index contributed by atoms with van der Waals surface area (Å²) < 4.78 is 1.87. The maximum atomic E-state index is 11.2. The van der Waals surface area contributed by atoms with E-state index in [9.17, 15) is 5.11 Å². The third-order valence-electron chi connectivity index (χ3n) is 8.15. The highest BCUT2D eigenvalue weighted by Crippen LogP contribution is 2.62. The molecule has 0 unspecified atom stereocenters. The van der Waals surface area contributed by atoms with Crippen molar-refractivity contribution < 1.29 is 10.2 Å². The summed E-state index contributed by atoms with van der Waals surface area (Å²) >= 11 is 0. The van der Waals surface area contributed by atoms with Crippen LogP contribution in [0.2, 0.25) is 0 Å². The molecule has 7 atom stereocenters. The van der Waals surface area contributed by atoms with Crippen molar-refractivity contribution >= 4 is 0 Å². The van der Waals surface area contributed by atoms with Crippen molar-refractivity contribution in [3.05, 3.63) is 18.0 Å². The lowest BCUT2D eigenvalue weighted by molar-refractivity contribution is -0.0263. The molecule has 5 nitrogen and oxygen atoms in total. The van der Waals surface area contributed by atoms with Gasteiger partial charge in [-0.25, -0.2) is 0 Å². The highest BCUT2D eigenvalue weighted by molar-refractivity contribution is 5.21. The second-order valence-electron chi connectivity index (χ2n) is 9.95. The smallest absolute Gasteiger partial charge is 0.102 e. The zero-order valence-corrected chi connectivity index (χ0v) is 18.4. The fourth-order valence-corrected chi connectivity index (χ4v) is 7.02. The molecule has 1 heterocycles. The largest absolute Gasteiger partial charge is 0.396 e. The monoisotopic (exact) mass is 401 g/mol. The number of unbranched alkanes of at least 4 members (excludes halogenated alkanes) is 1. The van der Waals surface area contributed by atoms with Crippen LogP contribution in [-0.4, -0.2) is 32.7 Å². The van der Waals surface area contributed by atoms with Crippen molar-refractivity contribution in [3.8, 4) is 6.07 Å². The molecule has 0 spiro atoms. The summed E-state index contributed by atoms with van der Waals surface area (Å²) in [6.45, 7) is 8.02. The van der Waals surface area contributed by atoms with Crippen LogP contribution < -0.4 is 0 Å². The molecule has 2 aliphatic rings. The van der Waals surface area contributed by atoms with Crippen molar-refractivity contribution in [2.24, 2.45) is 35.0 Å². The SMILES string of the molecule is CCC[C@@H]1[C@@H](CCCCO)CC[C@]2(C)[C@@H]([C@@H](C)Cn3cc(C#N)cn3)[C@H](O)C[C@@H]12. The molecule has 2 fully saturated rings. The lowest BCUT2D eigenvalue weighted by atomic mass is 9.55. The third-order valence-corrected chi connectivity index (χ3v) is 8.15. The van der Waals surface area contributed by atoms with Crippen molar-refractivity contribution in [2.75, 3.05) is 6.61 Å². The van der Waals surface area contributed by atoms with Gasteiger partial charge in [-0.3, -0.25) is 4.68 Å². The molecule has 1 aromatic rings. The molecular weight excluding hydrogens is 362 g/mol. The number of nitriles is 1. The van der Waals surface area contributed by atoms with Crippen LogP contribution in [0, 0.1) is 46.3 Å². The lowest BCUT2D eigenvalue weighted by Gasteiger charge is -2.50. The number of aliphatic hydroxyl groups excluding tert-OH is 2. The van der Waals surface area contributed by atoms with Gasteiger partial charge in [0.2, 0.25) is 0 Å². The number of hydrogen-bond donors (Lipinski definition) is 2. The van der Waals surface area contributed by atoms with Crippen LogP contribution in [0.25, 0.3) is 0 Å². The minimum Gasteiger partial charge on any atom is -0.396 e. The summed E-state index contributed by atoms with van der Waals surface area (Å²) in [5.74, 6) is 2.62. The first-order valence-corrected chi connectivity index (χ1v) is 11.7. The average Bonchev–Trinajstić information content (AvgIpc) is 3.24. The van der Waals surface area contributed by atoms with E-state index < -0.39 is 0 Å². The van der Waals surface area contributed by atoms with Gasteiger partial charge in [0.05, 0.1) is 17.9 Å². The summed E-state index contributed by atoms with van der Waals surface area (Å²) in [4.78, 5) is 0. The number of rotatable bonds is 9.